The standard InChI is InChI=1S/C26H23NO3/c1-4-30-25(19-11-6-5-7-12-19)24-22-15-14-20(21-13-9-8-10-17(21)2)16-23(22)27(18(3)28)26(24)29/h5-16H,4H2,1-3H3. The number of ether oxygens (including phenoxy) is 1. The monoisotopic (exact) mass is 397 g/mol. The molecule has 0 N–H and O–H groups in total. The number of fused-ring (bicyclic) bond motifs is 1. The Labute approximate surface area is 176 Å². The van der Waals surface area contributed by atoms with Gasteiger partial charge in [0.2, 0.25) is 5.91 Å². The summed E-state index contributed by atoms with van der Waals surface area (Å²) in [5, 5.41) is 0. The van der Waals surface area contributed by atoms with E-state index in [0.29, 0.717) is 29.2 Å². The molecule has 1 aliphatic heterocycles. The predicted molar refractivity (Wildman–Crippen MR) is 120 cm³/mol. The van der Waals surface area contributed by atoms with Crippen LogP contribution in [0.3, 0.4) is 0 Å². The van der Waals surface area contributed by atoms with E-state index in [1.165, 1.54) is 11.8 Å². The van der Waals surface area contributed by atoms with Crippen LogP contribution in [0.2, 0.25) is 0 Å². The molecule has 0 radical (unpaired) electrons. The third kappa shape index (κ3) is 3.30. The number of rotatable bonds is 4. The highest BCUT2D eigenvalue weighted by atomic mass is 16.5. The van der Waals surface area contributed by atoms with Gasteiger partial charge < -0.3 is 4.74 Å². The molecule has 0 unspecified atom stereocenters. The number of benzene rings is 3. The molecule has 0 bridgehead atoms. The quantitative estimate of drug-likeness (QED) is 0.434. The van der Waals surface area contributed by atoms with E-state index in [1.807, 2.05) is 86.6 Å². The lowest BCUT2D eigenvalue weighted by molar-refractivity contribution is -0.122. The molecule has 3 aromatic rings. The van der Waals surface area contributed by atoms with E-state index in [0.717, 1.165) is 22.3 Å². The third-order valence-electron chi connectivity index (χ3n) is 5.25. The van der Waals surface area contributed by atoms with Gasteiger partial charge in [0.25, 0.3) is 5.91 Å². The zero-order valence-corrected chi connectivity index (χ0v) is 17.3. The number of carbonyl (C=O) groups excluding carboxylic acids is 2. The first-order valence-corrected chi connectivity index (χ1v) is 10.0. The van der Waals surface area contributed by atoms with Crippen molar-refractivity contribution >= 4 is 28.8 Å². The molecule has 0 saturated heterocycles. The fraction of sp³-hybridized carbons (Fsp3) is 0.154. The Kier molecular flexibility index (Phi) is 5.23. The van der Waals surface area contributed by atoms with Crippen LogP contribution in [-0.2, 0) is 14.3 Å². The Hall–Kier alpha value is -3.66. The lowest BCUT2D eigenvalue weighted by Gasteiger charge is -2.14. The lowest BCUT2D eigenvalue weighted by atomic mass is 9.96. The van der Waals surface area contributed by atoms with E-state index >= 15 is 0 Å². The van der Waals surface area contributed by atoms with Crippen molar-refractivity contribution in [1.82, 2.24) is 0 Å². The topological polar surface area (TPSA) is 46.6 Å². The molecule has 0 aliphatic carbocycles. The summed E-state index contributed by atoms with van der Waals surface area (Å²) in [6, 6.07) is 23.4. The molecule has 2 amide bonds. The Bertz CT molecular complexity index is 1160. The van der Waals surface area contributed by atoms with Crippen molar-refractivity contribution in [2.24, 2.45) is 0 Å². The van der Waals surface area contributed by atoms with Gasteiger partial charge in [-0.05, 0) is 36.6 Å². The first-order chi connectivity index (χ1) is 14.5. The first kappa shape index (κ1) is 19.6. The van der Waals surface area contributed by atoms with Crippen molar-refractivity contribution in [1.29, 1.82) is 0 Å². The second kappa shape index (κ2) is 7.99. The summed E-state index contributed by atoms with van der Waals surface area (Å²) in [7, 11) is 0. The molecule has 30 heavy (non-hydrogen) atoms. The molecular formula is C26H23NO3. The molecule has 150 valence electrons. The summed E-state index contributed by atoms with van der Waals surface area (Å²) < 4.78 is 5.92. The number of hydrogen-bond acceptors (Lipinski definition) is 3. The number of aryl methyl sites for hydroxylation is 1. The fourth-order valence-electron chi connectivity index (χ4n) is 3.89. The number of nitrogens with zero attached hydrogens (tertiary/aromatic N) is 1. The SMILES string of the molecule is CCOC(=C1C(=O)N(C(C)=O)c2cc(-c3ccccc3C)ccc21)c1ccccc1. The van der Waals surface area contributed by atoms with Gasteiger partial charge in [0.15, 0.2) is 0 Å². The van der Waals surface area contributed by atoms with Gasteiger partial charge in [-0.3, -0.25) is 9.59 Å². The van der Waals surface area contributed by atoms with Gasteiger partial charge in [0.05, 0.1) is 17.9 Å². The minimum Gasteiger partial charge on any atom is -0.492 e. The zero-order chi connectivity index (χ0) is 21.3. The number of amides is 2. The average molecular weight is 397 g/mol. The number of anilines is 1. The van der Waals surface area contributed by atoms with E-state index in [9.17, 15) is 9.59 Å². The minimum atomic E-state index is -0.355. The highest BCUT2D eigenvalue weighted by Crippen LogP contribution is 2.43. The van der Waals surface area contributed by atoms with Crippen LogP contribution in [0.1, 0.15) is 30.5 Å². The molecule has 4 nitrogen and oxygen atoms in total. The van der Waals surface area contributed by atoms with Gasteiger partial charge in [-0.25, -0.2) is 4.90 Å². The van der Waals surface area contributed by atoms with Crippen LogP contribution < -0.4 is 4.90 Å². The van der Waals surface area contributed by atoms with Crippen LogP contribution >= 0.6 is 0 Å². The smallest absolute Gasteiger partial charge is 0.269 e. The number of imide groups is 1. The minimum absolute atomic E-state index is 0.318. The first-order valence-electron chi connectivity index (χ1n) is 10.0. The molecule has 0 atom stereocenters. The van der Waals surface area contributed by atoms with Crippen LogP contribution in [-0.4, -0.2) is 18.4 Å². The van der Waals surface area contributed by atoms with Crippen LogP contribution in [0, 0.1) is 6.92 Å². The van der Waals surface area contributed by atoms with Crippen molar-refractivity contribution in [2.75, 3.05) is 11.5 Å². The maximum Gasteiger partial charge on any atom is 0.269 e. The Morgan fingerprint density at radius 3 is 2.30 bits per heavy atom. The zero-order valence-electron chi connectivity index (χ0n) is 17.3. The third-order valence-corrected chi connectivity index (χ3v) is 5.25. The summed E-state index contributed by atoms with van der Waals surface area (Å²) in [5.74, 6) is -0.175. The van der Waals surface area contributed by atoms with Gasteiger partial charge in [0, 0.05) is 18.1 Å². The van der Waals surface area contributed by atoms with Crippen LogP contribution in [0.5, 0.6) is 0 Å². The average Bonchev–Trinajstić information content (AvgIpc) is 3.04. The summed E-state index contributed by atoms with van der Waals surface area (Å²) >= 11 is 0. The van der Waals surface area contributed by atoms with Crippen molar-refractivity contribution in [3.05, 3.63) is 89.5 Å². The summed E-state index contributed by atoms with van der Waals surface area (Å²) in [6.07, 6.45) is 0. The maximum absolute atomic E-state index is 13.4. The van der Waals surface area contributed by atoms with Gasteiger partial charge in [-0.1, -0.05) is 66.7 Å². The van der Waals surface area contributed by atoms with Crippen LogP contribution in [0.25, 0.3) is 22.5 Å². The Balaban J connectivity index is 1.96. The summed E-state index contributed by atoms with van der Waals surface area (Å²) in [6.45, 7) is 5.75. The molecule has 0 aromatic heterocycles. The second-order valence-corrected chi connectivity index (χ2v) is 7.21. The van der Waals surface area contributed by atoms with Crippen molar-refractivity contribution < 1.29 is 14.3 Å². The number of carbonyl (C=O) groups is 2. The van der Waals surface area contributed by atoms with E-state index in [1.54, 1.807) is 0 Å². The van der Waals surface area contributed by atoms with Crippen LogP contribution in [0.15, 0.2) is 72.8 Å². The molecule has 3 aromatic carbocycles. The van der Waals surface area contributed by atoms with Crippen molar-refractivity contribution in [3.63, 3.8) is 0 Å². The van der Waals surface area contributed by atoms with E-state index in [2.05, 4.69) is 0 Å². The molecule has 4 rings (SSSR count). The molecule has 1 heterocycles. The Morgan fingerprint density at radius 1 is 0.933 bits per heavy atom. The highest BCUT2D eigenvalue weighted by Gasteiger charge is 2.38. The van der Waals surface area contributed by atoms with Crippen LogP contribution in [0.4, 0.5) is 5.69 Å². The van der Waals surface area contributed by atoms with Gasteiger partial charge in [0.1, 0.15) is 5.76 Å². The molecule has 0 spiro atoms. The molecular weight excluding hydrogens is 374 g/mol. The molecule has 0 fully saturated rings. The highest BCUT2D eigenvalue weighted by molar-refractivity contribution is 6.43. The normalized spacial score (nSPS) is 14.5. The maximum atomic E-state index is 13.4. The van der Waals surface area contributed by atoms with E-state index in [4.69, 9.17) is 4.74 Å². The summed E-state index contributed by atoms with van der Waals surface area (Å²) in [5.41, 5.74) is 5.70. The van der Waals surface area contributed by atoms with Crippen molar-refractivity contribution in [3.8, 4) is 11.1 Å². The van der Waals surface area contributed by atoms with Gasteiger partial charge in [-0.15, -0.1) is 0 Å². The van der Waals surface area contributed by atoms with Crippen molar-refractivity contribution in [2.45, 2.75) is 20.8 Å². The molecule has 4 heteroatoms. The number of hydrogen-bond donors (Lipinski definition) is 0. The van der Waals surface area contributed by atoms with Gasteiger partial charge in [-0.2, -0.15) is 0 Å². The summed E-state index contributed by atoms with van der Waals surface area (Å²) in [4.78, 5) is 27.1. The largest absolute Gasteiger partial charge is 0.492 e. The molecule has 1 aliphatic rings. The van der Waals surface area contributed by atoms with Gasteiger partial charge >= 0.3 is 0 Å². The molecule has 0 saturated carbocycles. The van der Waals surface area contributed by atoms with E-state index in [-0.39, 0.29) is 11.8 Å². The predicted octanol–water partition coefficient (Wildman–Crippen LogP) is 5.46. The lowest BCUT2D eigenvalue weighted by Crippen LogP contribution is -2.31. The second-order valence-electron chi connectivity index (χ2n) is 7.21. The fourth-order valence-corrected chi connectivity index (χ4v) is 3.89. The van der Waals surface area contributed by atoms with E-state index < -0.39 is 0 Å². The Morgan fingerprint density at radius 2 is 1.63 bits per heavy atom.